The van der Waals surface area contributed by atoms with Crippen molar-refractivity contribution in [3.63, 3.8) is 0 Å². The SMILES string of the molecule is CCCCn1c(=O)[nH]c(=O)c2c1nc(CSc1ccc3c(c1)OCCO3)n2CCC. The van der Waals surface area contributed by atoms with Crippen LogP contribution in [0.3, 0.4) is 0 Å². The Labute approximate surface area is 178 Å². The van der Waals surface area contributed by atoms with Gasteiger partial charge in [0.05, 0.1) is 5.75 Å². The third-order valence-corrected chi connectivity index (χ3v) is 6.02. The molecule has 3 aromatic rings. The molecule has 9 heteroatoms. The number of benzene rings is 1. The van der Waals surface area contributed by atoms with E-state index < -0.39 is 5.69 Å². The Morgan fingerprint density at radius 1 is 1.07 bits per heavy atom. The molecule has 0 aliphatic carbocycles. The summed E-state index contributed by atoms with van der Waals surface area (Å²) in [6.07, 6.45) is 2.67. The Hall–Kier alpha value is -2.68. The largest absolute Gasteiger partial charge is 0.486 e. The van der Waals surface area contributed by atoms with E-state index >= 15 is 0 Å². The number of ether oxygens (including phenoxy) is 2. The number of nitrogens with zero attached hydrogens (tertiary/aromatic N) is 3. The van der Waals surface area contributed by atoms with Crippen LogP contribution in [0.2, 0.25) is 0 Å². The number of fused-ring (bicyclic) bond motifs is 2. The molecule has 0 saturated heterocycles. The molecule has 0 amide bonds. The standard InChI is InChI=1S/C21H26N4O4S/c1-3-5-9-25-19-18(20(26)23-21(25)27)24(8-4-2)17(22-19)13-30-14-6-7-15-16(12-14)29-11-10-28-15/h6-7,12H,3-5,8-11,13H2,1-2H3,(H,23,26,27). The molecule has 0 saturated carbocycles. The van der Waals surface area contributed by atoms with Gasteiger partial charge in [0.1, 0.15) is 19.0 Å². The summed E-state index contributed by atoms with van der Waals surface area (Å²) in [7, 11) is 0. The summed E-state index contributed by atoms with van der Waals surface area (Å²) in [5, 5.41) is 0. The van der Waals surface area contributed by atoms with Crippen molar-refractivity contribution in [2.24, 2.45) is 0 Å². The minimum Gasteiger partial charge on any atom is -0.486 e. The van der Waals surface area contributed by atoms with Crippen molar-refractivity contribution in [3.8, 4) is 11.5 Å². The highest BCUT2D eigenvalue weighted by Gasteiger charge is 2.19. The molecule has 4 rings (SSSR count). The fourth-order valence-electron chi connectivity index (χ4n) is 3.58. The van der Waals surface area contributed by atoms with Gasteiger partial charge in [0.15, 0.2) is 22.7 Å². The van der Waals surface area contributed by atoms with Crippen LogP contribution >= 0.6 is 11.8 Å². The molecular formula is C21H26N4O4S. The van der Waals surface area contributed by atoms with Gasteiger partial charge in [-0.05, 0) is 31.0 Å². The van der Waals surface area contributed by atoms with Crippen molar-refractivity contribution in [2.75, 3.05) is 13.2 Å². The van der Waals surface area contributed by atoms with Crippen molar-refractivity contribution in [2.45, 2.75) is 56.8 Å². The molecule has 0 fully saturated rings. The maximum Gasteiger partial charge on any atom is 0.330 e. The van der Waals surface area contributed by atoms with Gasteiger partial charge in [-0.1, -0.05) is 20.3 Å². The molecular weight excluding hydrogens is 404 g/mol. The molecule has 30 heavy (non-hydrogen) atoms. The van der Waals surface area contributed by atoms with Crippen LogP contribution in [-0.2, 0) is 18.8 Å². The first-order valence-corrected chi connectivity index (χ1v) is 11.4. The van der Waals surface area contributed by atoms with E-state index in [1.807, 2.05) is 22.8 Å². The predicted octanol–water partition coefficient (Wildman–Crippen LogP) is 3.16. The van der Waals surface area contributed by atoms with E-state index in [1.165, 1.54) is 0 Å². The Bertz CT molecular complexity index is 1160. The summed E-state index contributed by atoms with van der Waals surface area (Å²) in [6.45, 7) is 6.45. The molecule has 1 N–H and O–H groups in total. The van der Waals surface area contributed by atoms with Gasteiger partial charge in [-0.15, -0.1) is 11.8 Å². The monoisotopic (exact) mass is 430 g/mol. The van der Waals surface area contributed by atoms with Crippen molar-refractivity contribution < 1.29 is 9.47 Å². The zero-order chi connectivity index (χ0) is 21.1. The highest BCUT2D eigenvalue weighted by molar-refractivity contribution is 7.98. The van der Waals surface area contributed by atoms with E-state index in [0.29, 0.717) is 43.2 Å². The Morgan fingerprint density at radius 2 is 1.87 bits per heavy atom. The lowest BCUT2D eigenvalue weighted by Gasteiger charge is -2.18. The van der Waals surface area contributed by atoms with Gasteiger partial charge in [-0.3, -0.25) is 14.3 Å². The van der Waals surface area contributed by atoms with Gasteiger partial charge in [0.25, 0.3) is 5.56 Å². The highest BCUT2D eigenvalue weighted by atomic mass is 32.2. The molecule has 0 unspecified atom stereocenters. The molecule has 0 bridgehead atoms. The molecule has 1 aliphatic heterocycles. The Kier molecular flexibility index (Phi) is 6.17. The van der Waals surface area contributed by atoms with Crippen molar-refractivity contribution >= 4 is 22.9 Å². The van der Waals surface area contributed by atoms with E-state index in [0.717, 1.165) is 41.5 Å². The lowest BCUT2D eigenvalue weighted by atomic mass is 10.3. The zero-order valence-electron chi connectivity index (χ0n) is 17.3. The highest BCUT2D eigenvalue weighted by Crippen LogP contribution is 2.35. The zero-order valence-corrected chi connectivity index (χ0v) is 18.1. The number of imidazole rings is 1. The summed E-state index contributed by atoms with van der Waals surface area (Å²) < 4.78 is 14.8. The fourth-order valence-corrected chi connectivity index (χ4v) is 4.45. The minimum absolute atomic E-state index is 0.376. The first kappa shape index (κ1) is 20.6. The summed E-state index contributed by atoms with van der Waals surface area (Å²) in [5.41, 5.74) is 0.182. The average Bonchev–Trinajstić information content (AvgIpc) is 3.11. The summed E-state index contributed by atoms with van der Waals surface area (Å²) in [5.74, 6) is 2.87. The normalized spacial score (nSPS) is 13.1. The second-order valence-electron chi connectivity index (χ2n) is 7.21. The first-order valence-electron chi connectivity index (χ1n) is 10.4. The van der Waals surface area contributed by atoms with E-state index in [-0.39, 0.29) is 5.56 Å². The lowest BCUT2D eigenvalue weighted by Crippen LogP contribution is -2.31. The number of nitrogens with one attached hydrogen (secondary N) is 1. The molecule has 0 spiro atoms. The van der Waals surface area contributed by atoms with Crippen LogP contribution in [0.15, 0.2) is 32.7 Å². The number of aromatic amines is 1. The Morgan fingerprint density at radius 3 is 2.63 bits per heavy atom. The van der Waals surface area contributed by atoms with Crippen LogP contribution in [-0.4, -0.2) is 32.3 Å². The number of rotatable bonds is 8. The van der Waals surface area contributed by atoms with E-state index in [4.69, 9.17) is 14.5 Å². The van der Waals surface area contributed by atoms with Gasteiger partial charge >= 0.3 is 5.69 Å². The molecule has 3 heterocycles. The van der Waals surface area contributed by atoms with E-state index in [9.17, 15) is 9.59 Å². The Balaban J connectivity index is 1.69. The van der Waals surface area contributed by atoms with Crippen LogP contribution in [0.5, 0.6) is 11.5 Å². The van der Waals surface area contributed by atoms with Gasteiger partial charge in [0.2, 0.25) is 0 Å². The maximum atomic E-state index is 12.6. The topological polar surface area (TPSA) is 91.1 Å². The summed E-state index contributed by atoms with van der Waals surface area (Å²) in [4.78, 5) is 33.2. The smallest absolute Gasteiger partial charge is 0.330 e. The van der Waals surface area contributed by atoms with E-state index in [1.54, 1.807) is 16.3 Å². The van der Waals surface area contributed by atoms with E-state index in [2.05, 4.69) is 18.8 Å². The number of hydrogen-bond donors (Lipinski definition) is 1. The number of aryl methyl sites for hydroxylation is 2. The molecule has 160 valence electrons. The number of unbranched alkanes of at least 4 members (excludes halogenated alkanes) is 1. The molecule has 8 nitrogen and oxygen atoms in total. The number of H-pyrrole nitrogens is 1. The van der Waals surface area contributed by atoms with Crippen LogP contribution in [0.25, 0.3) is 11.2 Å². The molecule has 0 atom stereocenters. The first-order chi connectivity index (χ1) is 14.6. The van der Waals surface area contributed by atoms with Gasteiger partial charge in [0, 0.05) is 18.0 Å². The molecule has 2 aromatic heterocycles. The average molecular weight is 431 g/mol. The van der Waals surface area contributed by atoms with Crippen LogP contribution in [0.1, 0.15) is 38.9 Å². The van der Waals surface area contributed by atoms with Crippen LogP contribution < -0.4 is 20.7 Å². The lowest BCUT2D eigenvalue weighted by molar-refractivity contribution is 0.171. The molecule has 1 aliphatic rings. The second kappa shape index (κ2) is 8.99. The third-order valence-electron chi connectivity index (χ3n) is 5.03. The molecule has 0 radical (unpaired) electrons. The minimum atomic E-state index is -0.395. The van der Waals surface area contributed by atoms with Crippen molar-refractivity contribution in [1.82, 2.24) is 19.1 Å². The quantitative estimate of drug-likeness (QED) is 0.552. The number of thioether (sulfide) groups is 1. The van der Waals surface area contributed by atoms with Crippen LogP contribution in [0.4, 0.5) is 0 Å². The third kappa shape index (κ3) is 3.98. The second-order valence-corrected chi connectivity index (χ2v) is 8.26. The van der Waals surface area contributed by atoms with Gasteiger partial charge < -0.3 is 14.0 Å². The number of aromatic nitrogens is 4. The summed E-state index contributed by atoms with van der Waals surface area (Å²) in [6, 6.07) is 5.88. The van der Waals surface area contributed by atoms with Crippen LogP contribution in [0, 0.1) is 0 Å². The number of hydrogen-bond acceptors (Lipinski definition) is 6. The van der Waals surface area contributed by atoms with Crippen molar-refractivity contribution in [1.29, 1.82) is 0 Å². The summed E-state index contributed by atoms with van der Waals surface area (Å²) >= 11 is 1.62. The predicted molar refractivity (Wildman–Crippen MR) is 117 cm³/mol. The molecule has 1 aromatic carbocycles. The maximum absolute atomic E-state index is 12.6. The fraction of sp³-hybridized carbons (Fsp3) is 0.476. The van der Waals surface area contributed by atoms with Crippen molar-refractivity contribution in [3.05, 3.63) is 44.9 Å². The van der Waals surface area contributed by atoms with Gasteiger partial charge in [-0.2, -0.15) is 0 Å². The van der Waals surface area contributed by atoms with Gasteiger partial charge in [-0.25, -0.2) is 9.78 Å².